The number of ether oxygens (including phenoxy) is 1. The molecule has 0 bridgehead atoms. The Hall–Kier alpha value is -3.31. The molecule has 0 spiro atoms. The molecular formula is C22H17ClN2O3. The second kappa shape index (κ2) is 7.37. The second-order valence-electron chi connectivity index (χ2n) is 6.34. The number of nitrogens with one attached hydrogen (secondary N) is 1. The second-order valence-corrected chi connectivity index (χ2v) is 6.75. The summed E-state index contributed by atoms with van der Waals surface area (Å²) in [4.78, 5) is 17.1. The van der Waals surface area contributed by atoms with Crippen molar-refractivity contribution in [1.82, 2.24) is 4.98 Å². The fraction of sp³-hybridized carbons (Fsp3) is 0.0909. The van der Waals surface area contributed by atoms with E-state index in [1.165, 1.54) is 7.11 Å². The summed E-state index contributed by atoms with van der Waals surface area (Å²) >= 11 is 6.36. The molecule has 28 heavy (non-hydrogen) atoms. The molecule has 0 saturated carbocycles. The molecule has 4 aromatic rings. The summed E-state index contributed by atoms with van der Waals surface area (Å²) in [6.07, 6.45) is 0. The van der Waals surface area contributed by atoms with Crippen molar-refractivity contribution in [3.05, 3.63) is 76.8 Å². The Kier molecular flexibility index (Phi) is 4.75. The van der Waals surface area contributed by atoms with Crippen molar-refractivity contribution in [3.63, 3.8) is 0 Å². The molecule has 0 radical (unpaired) electrons. The van der Waals surface area contributed by atoms with Crippen LogP contribution in [0.15, 0.2) is 65.1 Å². The highest BCUT2D eigenvalue weighted by Crippen LogP contribution is 2.33. The zero-order chi connectivity index (χ0) is 19.7. The number of amides is 1. The molecule has 0 saturated heterocycles. The van der Waals surface area contributed by atoms with Gasteiger partial charge in [-0.3, -0.25) is 4.79 Å². The average Bonchev–Trinajstić information content (AvgIpc) is 3.12. The molecule has 1 amide bonds. The van der Waals surface area contributed by atoms with Gasteiger partial charge in [0.15, 0.2) is 5.58 Å². The van der Waals surface area contributed by atoms with Gasteiger partial charge in [0, 0.05) is 5.69 Å². The Bertz CT molecular complexity index is 1180. The summed E-state index contributed by atoms with van der Waals surface area (Å²) in [5, 5.41) is 3.35. The van der Waals surface area contributed by atoms with E-state index in [2.05, 4.69) is 10.3 Å². The largest absolute Gasteiger partial charge is 0.496 e. The lowest BCUT2D eigenvalue weighted by Gasteiger charge is -2.10. The van der Waals surface area contributed by atoms with Crippen LogP contribution in [0.2, 0.25) is 5.02 Å². The van der Waals surface area contributed by atoms with Crippen LogP contribution in [0.1, 0.15) is 15.9 Å². The molecule has 3 aromatic carbocycles. The van der Waals surface area contributed by atoms with Gasteiger partial charge in [-0.1, -0.05) is 29.8 Å². The van der Waals surface area contributed by atoms with Crippen molar-refractivity contribution in [2.24, 2.45) is 0 Å². The van der Waals surface area contributed by atoms with E-state index in [-0.39, 0.29) is 5.91 Å². The molecule has 6 heteroatoms. The van der Waals surface area contributed by atoms with Gasteiger partial charge in [-0.05, 0) is 55.0 Å². The molecule has 1 heterocycles. The number of anilines is 1. The van der Waals surface area contributed by atoms with Crippen molar-refractivity contribution in [2.45, 2.75) is 6.92 Å². The Labute approximate surface area is 166 Å². The molecule has 1 aromatic heterocycles. The topological polar surface area (TPSA) is 64.4 Å². The summed E-state index contributed by atoms with van der Waals surface area (Å²) in [7, 11) is 1.53. The Morgan fingerprint density at radius 2 is 1.93 bits per heavy atom. The molecule has 140 valence electrons. The SMILES string of the molecule is COc1ccccc1C(=O)Nc1ccc(Cl)c(-c2nc3ccc(C)cc3o2)c1. The van der Waals surface area contributed by atoms with Crippen LogP contribution < -0.4 is 10.1 Å². The maximum absolute atomic E-state index is 12.6. The molecule has 0 atom stereocenters. The van der Waals surface area contributed by atoms with E-state index in [0.29, 0.717) is 39.1 Å². The van der Waals surface area contributed by atoms with E-state index in [4.69, 9.17) is 20.8 Å². The smallest absolute Gasteiger partial charge is 0.259 e. The Morgan fingerprint density at radius 1 is 1.11 bits per heavy atom. The van der Waals surface area contributed by atoms with Crippen LogP contribution in [0.4, 0.5) is 5.69 Å². The standard InChI is InChI=1S/C22H17ClN2O3/c1-13-7-10-18-20(11-13)28-22(25-18)16-12-14(8-9-17(16)23)24-21(26)15-5-3-4-6-19(15)27-2/h3-12H,1-2H3,(H,24,26). The lowest BCUT2D eigenvalue weighted by molar-refractivity contribution is 0.102. The highest BCUT2D eigenvalue weighted by molar-refractivity contribution is 6.33. The number of hydrogen-bond donors (Lipinski definition) is 1. The molecular weight excluding hydrogens is 376 g/mol. The predicted molar refractivity (Wildman–Crippen MR) is 110 cm³/mol. The normalized spacial score (nSPS) is 10.8. The van der Waals surface area contributed by atoms with Gasteiger partial charge in [0.2, 0.25) is 5.89 Å². The summed E-state index contributed by atoms with van der Waals surface area (Å²) in [5.74, 6) is 0.626. The third-order valence-corrected chi connectivity index (χ3v) is 4.68. The number of oxazole rings is 1. The van der Waals surface area contributed by atoms with Crippen LogP contribution in [0.25, 0.3) is 22.6 Å². The van der Waals surface area contributed by atoms with E-state index in [1.54, 1.807) is 36.4 Å². The molecule has 0 unspecified atom stereocenters. The number of fused-ring (bicyclic) bond motifs is 1. The molecule has 0 aliphatic heterocycles. The third kappa shape index (κ3) is 3.44. The van der Waals surface area contributed by atoms with Gasteiger partial charge in [0.25, 0.3) is 5.91 Å². The monoisotopic (exact) mass is 392 g/mol. The van der Waals surface area contributed by atoms with Crippen molar-refractivity contribution < 1.29 is 13.9 Å². The summed E-state index contributed by atoms with van der Waals surface area (Å²) in [5.41, 5.74) is 4.15. The Morgan fingerprint density at radius 3 is 2.75 bits per heavy atom. The number of carbonyl (C=O) groups is 1. The number of para-hydroxylation sites is 1. The lowest BCUT2D eigenvalue weighted by atomic mass is 10.1. The number of hydrogen-bond acceptors (Lipinski definition) is 4. The van der Waals surface area contributed by atoms with Crippen LogP contribution in [0, 0.1) is 6.92 Å². The van der Waals surface area contributed by atoms with Crippen LogP contribution >= 0.6 is 11.6 Å². The van der Waals surface area contributed by atoms with Gasteiger partial charge in [-0.25, -0.2) is 4.98 Å². The molecule has 0 aliphatic carbocycles. The van der Waals surface area contributed by atoms with E-state index >= 15 is 0 Å². The highest BCUT2D eigenvalue weighted by atomic mass is 35.5. The van der Waals surface area contributed by atoms with Gasteiger partial charge in [0.05, 0.1) is 23.3 Å². The van der Waals surface area contributed by atoms with Crippen LogP contribution in [-0.2, 0) is 0 Å². The van der Waals surface area contributed by atoms with Gasteiger partial charge in [0.1, 0.15) is 11.3 Å². The van der Waals surface area contributed by atoms with E-state index in [0.717, 1.165) is 11.1 Å². The summed E-state index contributed by atoms with van der Waals surface area (Å²) in [6.45, 7) is 1.99. The number of aromatic nitrogens is 1. The van der Waals surface area contributed by atoms with Crippen LogP contribution in [0.3, 0.4) is 0 Å². The maximum Gasteiger partial charge on any atom is 0.259 e. The quantitative estimate of drug-likeness (QED) is 0.482. The first-order valence-electron chi connectivity index (χ1n) is 8.66. The zero-order valence-electron chi connectivity index (χ0n) is 15.3. The minimum absolute atomic E-state index is 0.279. The van der Waals surface area contributed by atoms with Crippen molar-refractivity contribution in [2.75, 3.05) is 12.4 Å². The first kappa shape index (κ1) is 18.1. The molecule has 0 aliphatic rings. The van der Waals surface area contributed by atoms with Crippen LogP contribution in [0.5, 0.6) is 5.75 Å². The number of nitrogens with zero attached hydrogens (tertiary/aromatic N) is 1. The summed E-state index contributed by atoms with van der Waals surface area (Å²) in [6, 6.07) is 18.0. The number of halogens is 1. The first-order valence-corrected chi connectivity index (χ1v) is 9.04. The first-order chi connectivity index (χ1) is 13.5. The number of methoxy groups -OCH3 is 1. The molecule has 1 N–H and O–H groups in total. The maximum atomic E-state index is 12.6. The average molecular weight is 393 g/mol. The fourth-order valence-corrected chi connectivity index (χ4v) is 3.14. The van der Waals surface area contributed by atoms with Crippen molar-refractivity contribution in [3.8, 4) is 17.2 Å². The van der Waals surface area contributed by atoms with Crippen LogP contribution in [-0.4, -0.2) is 18.0 Å². The van der Waals surface area contributed by atoms with E-state index < -0.39 is 0 Å². The molecule has 0 fully saturated rings. The summed E-state index contributed by atoms with van der Waals surface area (Å²) < 4.78 is 11.1. The number of aryl methyl sites for hydroxylation is 1. The van der Waals surface area contributed by atoms with Gasteiger partial charge in [-0.15, -0.1) is 0 Å². The molecule has 5 nitrogen and oxygen atoms in total. The van der Waals surface area contributed by atoms with Crippen molar-refractivity contribution in [1.29, 1.82) is 0 Å². The Balaban J connectivity index is 1.67. The van der Waals surface area contributed by atoms with E-state index in [9.17, 15) is 4.79 Å². The minimum Gasteiger partial charge on any atom is -0.496 e. The number of carbonyl (C=O) groups excluding carboxylic acids is 1. The highest BCUT2D eigenvalue weighted by Gasteiger charge is 2.15. The van der Waals surface area contributed by atoms with Crippen molar-refractivity contribution >= 4 is 34.3 Å². The number of rotatable bonds is 4. The van der Waals surface area contributed by atoms with E-state index in [1.807, 2.05) is 31.2 Å². The zero-order valence-corrected chi connectivity index (χ0v) is 16.1. The minimum atomic E-state index is -0.279. The molecule has 4 rings (SSSR count). The third-order valence-electron chi connectivity index (χ3n) is 4.35. The number of benzene rings is 3. The predicted octanol–water partition coefficient (Wildman–Crippen LogP) is 5.72. The van der Waals surface area contributed by atoms with Gasteiger partial charge < -0.3 is 14.5 Å². The fourth-order valence-electron chi connectivity index (χ4n) is 2.94. The van der Waals surface area contributed by atoms with Gasteiger partial charge in [-0.2, -0.15) is 0 Å². The van der Waals surface area contributed by atoms with Gasteiger partial charge >= 0.3 is 0 Å². The lowest BCUT2D eigenvalue weighted by Crippen LogP contribution is -2.13.